The summed E-state index contributed by atoms with van der Waals surface area (Å²) in [5.41, 5.74) is 1.92. The van der Waals surface area contributed by atoms with Crippen LogP contribution in [0.4, 0.5) is 4.39 Å². The molecule has 3 aromatic carbocycles. The molecular formula is C16H12FNaO2S. The van der Waals surface area contributed by atoms with E-state index < -0.39 is 11.1 Å². The van der Waals surface area contributed by atoms with Gasteiger partial charge in [-0.25, -0.2) is 8.60 Å². The quantitative estimate of drug-likeness (QED) is 0.580. The fourth-order valence-corrected chi connectivity index (χ4v) is 2.57. The van der Waals surface area contributed by atoms with Crippen molar-refractivity contribution < 1.29 is 13.2 Å². The summed E-state index contributed by atoms with van der Waals surface area (Å²) in [5.74, 6) is -0.260. The van der Waals surface area contributed by atoms with E-state index in [1.807, 2.05) is 24.3 Å². The minimum atomic E-state index is -1.97. The zero-order valence-corrected chi connectivity index (χ0v) is 11.2. The van der Waals surface area contributed by atoms with E-state index in [-0.39, 0.29) is 35.4 Å². The second-order valence-electron chi connectivity index (χ2n) is 4.48. The molecule has 1 N–H and O–H groups in total. The first-order valence-electron chi connectivity index (χ1n) is 6.04. The Bertz CT molecular complexity index is 803. The number of rotatable bonds is 2. The molecule has 102 valence electrons. The van der Waals surface area contributed by atoms with Crippen LogP contribution in [0.2, 0.25) is 0 Å². The molecule has 21 heavy (non-hydrogen) atoms. The second-order valence-corrected chi connectivity index (χ2v) is 5.45. The number of halogens is 1. The van der Waals surface area contributed by atoms with Crippen molar-refractivity contribution in [3.05, 3.63) is 66.5 Å². The first kappa shape index (κ1) is 16.3. The van der Waals surface area contributed by atoms with E-state index in [4.69, 9.17) is 4.55 Å². The summed E-state index contributed by atoms with van der Waals surface area (Å²) in [6, 6.07) is 17.2. The third-order valence-corrected chi connectivity index (χ3v) is 3.85. The third kappa shape index (κ3) is 3.59. The molecule has 0 saturated heterocycles. The van der Waals surface area contributed by atoms with E-state index >= 15 is 0 Å². The fraction of sp³-hybridized carbons (Fsp3) is 0. The molecule has 0 aliphatic rings. The molecule has 0 heterocycles. The van der Waals surface area contributed by atoms with Gasteiger partial charge >= 0.3 is 29.6 Å². The van der Waals surface area contributed by atoms with E-state index in [0.717, 1.165) is 21.9 Å². The predicted octanol–water partition coefficient (Wildman–Crippen LogP) is 3.58. The molecule has 3 rings (SSSR count). The van der Waals surface area contributed by atoms with Crippen LogP contribution < -0.4 is 0 Å². The average molecular weight is 310 g/mol. The van der Waals surface area contributed by atoms with Crippen LogP contribution in [0, 0.1) is 5.82 Å². The van der Waals surface area contributed by atoms with Gasteiger partial charge in [-0.2, -0.15) is 0 Å². The minimum absolute atomic E-state index is 0. The summed E-state index contributed by atoms with van der Waals surface area (Å²) in [6.45, 7) is 0. The molecule has 0 fully saturated rings. The van der Waals surface area contributed by atoms with E-state index in [0.29, 0.717) is 4.90 Å². The van der Waals surface area contributed by atoms with Crippen LogP contribution in [-0.4, -0.2) is 38.3 Å². The van der Waals surface area contributed by atoms with Crippen LogP contribution in [0.3, 0.4) is 0 Å². The fourth-order valence-electron chi connectivity index (χ4n) is 2.15. The Hall–Kier alpha value is -1.04. The average Bonchev–Trinajstić information content (AvgIpc) is 2.47. The Kier molecular flexibility index (Phi) is 5.30. The van der Waals surface area contributed by atoms with Gasteiger partial charge in [-0.05, 0) is 52.2 Å². The molecule has 0 aliphatic carbocycles. The third-order valence-electron chi connectivity index (χ3n) is 3.19. The van der Waals surface area contributed by atoms with Crippen molar-refractivity contribution in [3.63, 3.8) is 0 Å². The van der Waals surface area contributed by atoms with Crippen molar-refractivity contribution in [2.24, 2.45) is 0 Å². The van der Waals surface area contributed by atoms with Gasteiger partial charge in [0.1, 0.15) is 5.82 Å². The summed E-state index contributed by atoms with van der Waals surface area (Å²) in [6.07, 6.45) is 0. The van der Waals surface area contributed by atoms with Crippen molar-refractivity contribution in [1.82, 2.24) is 0 Å². The number of hydrogen-bond donors (Lipinski definition) is 1. The molecule has 0 saturated carbocycles. The molecule has 3 aromatic rings. The summed E-state index contributed by atoms with van der Waals surface area (Å²) >= 11 is -1.97. The van der Waals surface area contributed by atoms with Gasteiger partial charge in [0.2, 0.25) is 0 Å². The van der Waals surface area contributed by atoms with Crippen molar-refractivity contribution in [2.75, 3.05) is 0 Å². The summed E-state index contributed by atoms with van der Waals surface area (Å²) in [7, 11) is 0. The Morgan fingerprint density at radius 3 is 2.05 bits per heavy atom. The van der Waals surface area contributed by atoms with Gasteiger partial charge < -0.3 is 4.55 Å². The molecule has 2 nitrogen and oxygen atoms in total. The van der Waals surface area contributed by atoms with Crippen LogP contribution in [0.5, 0.6) is 0 Å². The first-order valence-corrected chi connectivity index (χ1v) is 7.15. The van der Waals surface area contributed by atoms with Crippen LogP contribution in [0.25, 0.3) is 21.9 Å². The van der Waals surface area contributed by atoms with E-state index in [9.17, 15) is 8.60 Å². The summed E-state index contributed by atoms with van der Waals surface area (Å²) < 4.78 is 33.0. The summed E-state index contributed by atoms with van der Waals surface area (Å²) in [5, 5.41) is 1.87. The molecule has 5 heteroatoms. The number of benzene rings is 3. The molecule has 0 aliphatic heterocycles. The Balaban J connectivity index is 0.00000161. The van der Waals surface area contributed by atoms with Crippen molar-refractivity contribution in [3.8, 4) is 11.1 Å². The molecular weight excluding hydrogens is 298 g/mol. The van der Waals surface area contributed by atoms with Crippen LogP contribution in [-0.2, 0) is 11.1 Å². The maximum absolute atomic E-state index is 12.9. The molecule has 0 bridgehead atoms. The molecule has 1 atom stereocenters. The first-order chi connectivity index (χ1) is 9.63. The van der Waals surface area contributed by atoms with Gasteiger partial charge in [0, 0.05) is 0 Å². The van der Waals surface area contributed by atoms with Gasteiger partial charge in [0.25, 0.3) is 0 Å². The molecule has 0 aromatic heterocycles. The van der Waals surface area contributed by atoms with Crippen LogP contribution >= 0.6 is 0 Å². The predicted molar refractivity (Wildman–Crippen MR) is 85.5 cm³/mol. The molecule has 0 amide bonds. The van der Waals surface area contributed by atoms with E-state index in [2.05, 4.69) is 0 Å². The van der Waals surface area contributed by atoms with Gasteiger partial charge in [-0.15, -0.1) is 0 Å². The van der Waals surface area contributed by atoms with Gasteiger partial charge in [0.15, 0.2) is 11.1 Å². The van der Waals surface area contributed by atoms with Crippen LogP contribution in [0.15, 0.2) is 65.6 Å². The van der Waals surface area contributed by atoms with E-state index in [1.54, 1.807) is 24.3 Å². The molecule has 0 radical (unpaired) electrons. The maximum atomic E-state index is 12.9. The molecule has 1 unspecified atom stereocenters. The van der Waals surface area contributed by atoms with Crippen molar-refractivity contribution in [2.45, 2.75) is 4.90 Å². The molecule has 0 spiro atoms. The van der Waals surface area contributed by atoms with Gasteiger partial charge in [-0.1, -0.05) is 30.3 Å². The zero-order valence-electron chi connectivity index (χ0n) is 10.4. The Morgan fingerprint density at radius 1 is 0.810 bits per heavy atom. The monoisotopic (exact) mass is 310 g/mol. The van der Waals surface area contributed by atoms with Crippen LogP contribution in [0.1, 0.15) is 0 Å². The zero-order chi connectivity index (χ0) is 14.1. The standard InChI is InChI=1S/C16H11FO2S.Na.H/c17-15-6-3-11(4-7-15)12-1-2-14-10-16(20(18)19)8-5-13(14)9-12;;/h1-10H,(H,18,19);;. The normalized spacial score (nSPS) is 11.9. The van der Waals surface area contributed by atoms with Crippen molar-refractivity contribution >= 4 is 51.4 Å². The SMILES string of the molecule is O=S(O)c1ccc2cc(-c3ccc(F)cc3)ccc2c1.[NaH]. The number of fused-ring (bicyclic) bond motifs is 1. The summed E-state index contributed by atoms with van der Waals surface area (Å²) in [4.78, 5) is 0.382. The Labute approximate surface area is 146 Å². The number of hydrogen-bond acceptors (Lipinski definition) is 1. The van der Waals surface area contributed by atoms with E-state index in [1.165, 1.54) is 12.1 Å². The van der Waals surface area contributed by atoms with Gasteiger partial charge in [-0.3, -0.25) is 0 Å². The van der Waals surface area contributed by atoms with Crippen molar-refractivity contribution in [1.29, 1.82) is 0 Å². The Morgan fingerprint density at radius 2 is 1.38 bits per heavy atom. The second kappa shape index (κ2) is 6.81. The van der Waals surface area contributed by atoms with Gasteiger partial charge in [0.05, 0.1) is 4.90 Å². The topological polar surface area (TPSA) is 37.3 Å².